The molecule has 5 nitrogen and oxygen atoms in total. The van der Waals surface area contributed by atoms with Crippen LogP contribution in [0.1, 0.15) is 26.7 Å². The molecule has 0 rings (SSSR count). The van der Waals surface area contributed by atoms with Gasteiger partial charge in [0, 0.05) is 13.1 Å². The van der Waals surface area contributed by atoms with E-state index in [1.807, 2.05) is 13.8 Å². The van der Waals surface area contributed by atoms with E-state index in [2.05, 4.69) is 0 Å². The second-order valence-electron chi connectivity index (χ2n) is 3.57. The third-order valence-electron chi connectivity index (χ3n) is 1.97. The molecule has 6 heteroatoms. The molecule has 0 bridgehead atoms. The van der Waals surface area contributed by atoms with Crippen molar-refractivity contribution in [1.82, 2.24) is 4.90 Å². The largest absolute Gasteiger partial charge is 0.342 e. The number of carbonyl (C=O) groups excluding carboxylic acids is 1. The molecule has 0 atom stereocenters. The maximum absolute atomic E-state index is 11.7. The van der Waals surface area contributed by atoms with Crippen molar-refractivity contribution in [2.24, 2.45) is 0 Å². The molecular weight excluding hydrogens is 228 g/mol. The first kappa shape index (κ1) is 14.9. The molecule has 0 unspecified atom stereocenters. The number of amides is 1. The van der Waals surface area contributed by atoms with Crippen LogP contribution < -0.4 is 0 Å². The lowest BCUT2D eigenvalue weighted by Gasteiger charge is -2.20. The van der Waals surface area contributed by atoms with Crippen LogP contribution in [0.25, 0.3) is 0 Å². The van der Waals surface area contributed by atoms with Gasteiger partial charge in [-0.25, -0.2) is 8.42 Å². The number of hydrogen-bond acceptors (Lipinski definition) is 4. The van der Waals surface area contributed by atoms with E-state index < -0.39 is 27.3 Å². The first-order chi connectivity index (χ1) is 7.46. The van der Waals surface area contributed by atoms with Crippen LogP contribution in [0.3, 0.4) is 0 Å². The number of sulfone groups is 1. The summed E-state index contributed by atoms with van der Waals surface area (Å²) in [5, 5.41) is 8.31. The van der Waals surface area contributed by atoms with E-state index in [1.54, 1.807) is 6.07 Å². The SMILES string of the molecule is CCCN(CCC)C(=O)CS(=O)(=O)CC#N. The van der Waals surface area contributed by atoms with Crippen LogP contribution in [0, 0.1) is 11.3 Å². The highest BCUT2D eigenvalue weighted by Gasteiger charge is 2.20. The lowest BCUT2D eigenvalue weighted by Crippen LogP contribution is -2.37. The zero-order valence-corrected chi connectivity index (χ0v) is 10.6. The predicted molar refractivity (Wildman–Crippen MR) is 61.4 cm³/mol. The Labute approximate surface area is 97.0 Å². The van der Waals surface area contributed by atoms with E-state index in [1.165, 1.54) is 4.90 Å². The minimum absolute atomic E-state index is 0.404. The Morgan fingerprint density at radius 1 is 1.25 bits per heavy atom. The Bertz CT molecular complexity index is 351. The van der Waals surface area contributed by atoms with Crippen molar-refractivity contribution in [3.05, 3.63) is 0 Å². The van der Waals surface area contributed by atoms with E-state index in [0.717, 1.165) is 12.8 Å². The van der Waals surface area contributed by atoms with Crippen molar-refractivity contribution in [3.63, 3.8) is 0 Å². The summed E-state index contributed by atoms with van der Waals surface area (Å²) in [6, 6.07) is 1.56. The summed E-state index contributed by atoms with van der Waals surface area (Å²) in [6.45, 7) is 4.99. The first-order valence-electron chi connectivity index (χ1n) is 5.32. The number of nitrogens with zero attached hydrogens (tertiary/aromatic N) is 2. The van der Waals surface area contributed by atoms with Crippen LogP contribution in [-0.2, 0) is 14.6 Å². The van der Waals surface area contributed by atoms with E-state index in [0.29, 0.717) is 13.1 Å². The van der Waals surface area contributed by atoms with Gasteiger partial charge in [-0.15, -0.1) is 0 Å². The van der Waals surface area contributed by atoms with Gasteiger partial charge in [0.2, 0.25) is 5.91 Å². The minimum atomic E-state index is -3.56. The Morgan fingerprint density at radius 2 is 1.75 bits per heavy atom. The molecule has 1 amide bonds. The van der Waals surface area contributed by atoms with Crippen LogP contribution in [0.5, 0.6) is 0 Å². The van der Waals surface area contributed by atoms with Crippen molar-refractivity contribution in [2.75, 3.05) is 24.6 Å². The molecule has 0 fully saturated rings. The molecule has 0 spiro atoms. The summed E-state index contributed by atoms with van der Waals surface area (Å²) in [5.74, 6) is -1.55. The highest BCUT2D eigenvalue weighted by Crippen LogP contribution is 1.99. The first-order valence-corrected chi connectivity index (χ1v) is 7.14. The van der Waals surface area contributed by atoms with Gasteiger partial charge >= 0.3 is 0 Å². The number of carbonyl (C=O) groups is 1. The summed E-state index contributed by atoms with van der Waals surface area (Å²) in [7, 11) is -3.56. The van der Waals surface area contributed by atoms with Crippen LogP contribution in [0.15, 0.2) is 0 Å². The zero-order chi connectivity index (χ0) is 12.6. The molecule has 0 saturated heterocycles. The standard InChI is InChI=1S/C10H18N2O3S/c1-3-6-12(7-4-2)10(13)9-16(14,15)8-5-11/h3-4,6-9H2,1-2H3. The molecule has 0 aliphatic rings. The molecule has 0 aliphatic heterocycles. The van der Waals surface area contributed by atoms with Gasteiger partial charge in [0.05, 0.1) is 6.07 Å². The second-order valence-corrected chi connectivity index (χ2v) is 5.64. The fourth-order valence-electron chi connectivity index (χ4n) is 1.33. The lowest BCUT2D eigenvalue weighted by molar-refractivity contribution is -0.128. The monoisotopic (exact) mass is 246 g/mol. The second kappa shape index (κ2) is 7.23. The molecule has 0 aliphatic carbocycles. The minimum Gasteiger partial charge on any atom is -0.342 e. The van der Waals surface area contributed by atoms with Crippen molar-refractivity contribution >= 4 is 15.7 Å². The Kier molecular flexibility index (Phi) is 6.74. The topological polar surface area (TPSA) is 78.2 Å². The molecular formula is C10H18N2O3S. The van der Waals surface area contributed by atoms with Gasteiger partial charge in [-0.05, 0) is 12.8 Å². The van der Waals surface area contributed by atoms with E-state index >= 15 is 0 Å². The molecule has 0 radical (unpaired) electrons. The maximum atomic E-state index is 11.7. The van der Waals surface area contributed by atoms with Gasteiger partial charge in [0.25, 0.3) is 0 Å². The van der Waals surface area contributed by atoms with Gasteiger partial charge in [-0.1, -0.05) is 13.8 Å². The molecule has 0 aromatic carbocycles. The molecule has 0 aromatic rings. The van der Waals surface area contributed by atoms with E-state index in [4.69, 9.17) is 5.26 Å². The zero-order valence-electron chi connectivity index (χ0n) is 9.77. The Morgan fingerprint density at radius 3 is 2.12 bits per heavy atom. The molecule has 0 heterocycles. The molecule has 0 aromatic heterocycles. The maximum Gasteiger partial charge on any atom is 0.237 e. The summed E-state index contributed by atoms with van der Waals surface area (Å²) >= 11 is 0. The molecule has 92 valence electrons. The molecule has 0 N–H and O–H groups in total. The van der Waals surface area contributed by atoms with E-state index in [-0.39, 0.29) is 0 Å². The third kappa shape index (κ3) is 5.71. The number of hydrogen-bond donors (Lipinski definition) is 0. The summed E-state index contributed by atoms with van der Waals surface area (Å²) < 4.78 is 22.6. The average molecular weight is 246 g/mol. The predicted octanol–water partition coefficient (Wildman–Crippen LogP) is 0.573. The number of rotatable bonds is 7. The van der Waals surface area contributed by atoms with Crippen molar-refractivity contribution in [3.8, 4) is 6.07 Å². The highest BCUT2D eigenvalue weighted by molar-refractivity contribution is 7.92. The van der Waals surface area contributed by atoms with Crippen molar-refractivity contribution < 1.29 is 13.2 Å². The van der Waals surface area contributed by atoms with E-state index in [9.17, 15) is 13.2 Å². The average Bonchev–Trinajstić information content (AvgIpc) is 2.16. The fourth-order valence-corrected chi connectivity index (χ4v) is 2.19. The molecule has 0 saturated carbocycles. The van der Waals surface area contributed by atoms with Gasteiger partial charge in [-0.2, -0.15) is 5.26 Å². The van der Waals surface area contributed by atoms with Gasteiger partial charge < -0.3 is 4.90 Å². The Balaban J connectivity index is 4.47. The summed E-state index contributed by atoms with van der Waals surface area (Å²) in [5.41, 5.74) is 0. The van der Waals surface area contributed by atoms with Crippen LogP contribution in [0.2, 0.25) is 0 Å². The van der Waals surface area contributed by atoms with Gasteiger partial charge in [0.1, 0.15) is 11.5 Å². The van der Waals surface area contributed by atoms with Crippen molar-refractivity contribution in [2.45, 2.75) is 26.7 Å². The smallest absolute Gasteiger partial charge is 0.237 e. The van der Waals surface area contributed by atoms with Gasteiger partial charge in [-0.3, -0.25) is 4.79 Å². The summed E-state index contributed by atoms with van der Waals surface area (Å²) in [6.07, 6.45) is 1.59. The van der Waals surface area contributed by atoms with Crippen LogP contribution in [-0.4, -0.2) is 43.8 Å². The van der Waals surface area contributed by atoms with Gasteiger partial charge in [0.15, 0.2) is 9.84 Å². The Hall–Kier alpha value is -1.09. The number of nitriles is 1. The lowest BCUT2D eigenvalue weighted by atomic mass is 10.3. The van der Waals surface area contributed by atoms with Crippen molar-refractivity contribution in [1.29, 1.82) is 5.26 Å². The fraction of sp³-hybridized carbons (Fsp3) is 0.800. The van der Waals surface area contributed by atoms with Crippen LogP contribution in [0.4, 0.5) is 0 Å². The normalized spacial score (nSPS) is 10.8. The van der Waals surface area contributed by atoms with Crippen LogP contribution >= 0.6 is 0 Å². The quantitative estimate of drug-likeness (QED) is 0.658. The third-order valence-corrected chi connectivity index (χ3v) is 3.22. The highest BCUT2D eigenvalue weighted by atomic mass is 32.2. The summed E-state index contributed by atoms with van der Waals surface area (Å²) in [4.78, 5) is 13.2. The molecule has 16 heavy (non-hydrogen) atoms.